The summed E-state index contributed by atoms with van der Waals surface area (Å²) in [4.78, 5) is 25.5. The van der Waals surface area contributed by atoms with Crippen molar-refractivity contribution in [2.75, 3.05) is 41.3 Å². The van der Waals surface area contributed by atoms with Crippen LogP contribution in [0.2, 0.25) is 0 Å². The Morgan fingerprint density at radius 3 is 2.33 bits per heavy atom. The first-order valence-corrected chi connectivity index (χ1v) is 11.6. The van der Waals surface area contributed by atoms with Gasteiger partial charge in [-0.15, -0.1) is 0 Å². The van der Waals surface area contributed by atoms with Gasteiger partial charge in [0.05, 0.1) is 19.8 Å². The minimum atomic E-state index is -0.644. The summed E-state index contributed by atoms with van der Waals surface area (Å²) in [6, 6.07) is 13.6. The number of carbonyl (C=O) groups excluding carboxylic acids is 2. The highest BCUT2D eigenvalue weighted by molar-refractivity contribution is 5.94. The van der Waals surface area contributed by atoms with E-state index in [1.165, 1.54) is 14.2 Å². The third-order valence-corrected chi connectivity index (χ3v) is 5.56. The van der Waals surface area contributed by atoms with Gasteiger partial charge in [-0.25, -0.2) is 5.48 Å². The monoisotopic (exact) mass is 504 g/mol. The molecule has 0 fully saturated rings. The van der Waals surface area contributed by atoms with Gasteiger partial charge in [-0.2, -0.15) is 0 Å². The SMILES string of the molecule is CCOCOCC(CC(Cc1cccc(OC)c1)C(=O)NO)NC(=O)c1ccc(C(OC)OC)cc1. The fourth-order valence-corrected chi connectivity index (χ4v) is 3.73. The number of hydrogen-bond donors (Lipinski definition) is 3. The number of ether oxygens (including phenoxy) is 5. The maximum absolute atomic E-state index is 13.0. The van der Waals surface area contributed by atoms with E-state index in [-0.39, 0.29) is 25.7 Å². The van der Waals surface area contributed by atoms with Gasteiger partial charge >= 0.3 is 0 Å². The molecular formula is C26H36N2O8. The van der Waals surface area contributed by atoms with Crippen molar-refractivity contribution < 1.29 is 38.5 Å². The minimum absolute atomic E-state index is 0.0553. The average Bonchev–Trinajstić information content (AvgIpc) is 2.91. The zero-order chi connectivity index (χ0) is 26.3. The Morgan fingerprint density at radius 2 is 1.72 bits per heavy atom. The molecule has 0 bridgehead atoms. The van der Waals surface area contributed by atoms with E-state index in [1.54, 1.807) is 36.9 Å². The maximum Gasteiger partial charge on any atom is 0.251 e. The third kappa shape index (κ3) is 9.21. The molecule has 0 aliphatic carbocycles. The van der Waals surface area contributed by atoms with Gasteiger partial charge in [-0.3, -0.25) is 14.8 Å². The van der Waals surface area contributed by atoms with Gasteiger partial charge in [0.25, 0.3) is 5.91 Å². The highest BCUT2D eigenvalue weighted by Crippen LogP contribution is 2.21. The number of carbonyl (C=O) groups is 2. The van der Waals surface area contributed by atoms with Crippen molar-refractivity contribution in [3.63, 3.8) is 0 Å². The van der Waals surface area contributed by atoms with Crippen LogP contribution in [0.3, 0.4) is 0 Å². The number of hydroxylamine groups is 1. The van der Waals surface area contributed by atoms with Crippen LogP contribution >= 0.6 is 0 Å². The molecule has 2 aromatic carbocycles. The van der Waals surface area contributed by atoms with Gasteiger partial charge in [-0.1, -0.05) is 24.3 Å². The lowest BCUT2D eigenvalue weighted by Crippen LogP contribution is -2.42. The summed E-state index contributed by atoms with van der Waals surface area (Å²) < 4.78 is 26.5. The van der Waals surface area contributed by atoms with Crippen molar-refractivity contribution in [2.45, 2.75) is 32.1 Å². The van der Waals surface area contributed by atoms with E-state index >= 15 is 0 Å². The Hall–Kier alpha value is -3.02. The third-order valence-electron chi connectivity index (χ3n) is 5.56. The molecule has 2 aromatic rings. The lowest BCUT2D eigenvalue weighted by molar-refractivity contribution is -0.134. The van der Waals surface area contributed by atoms with E-state index in [1.807, 2.05) is 31.2 Å². The van der Waals surface area contributed by atoms with Crippen molar-refractivity contribution in [1.82, 2.24) is 10.8 Å². The molecule has 2 rings (SSSR count). The maximum atomic E-state index is 13.0. The number of benzene rings is 2. The van der Waals surface area contributed by atoms with Crippen molar-refractivity contribution in [3.05, 3.63) is 65.2 Å². The first-order valence-electron chi connectivity index (χ1n) is 11.6. The summed E-state index contributed by atoms with van der Waals surface area (Å²) in [6.45, 7) is 2.50. The first-order chi connectivity index (χ1) is 17.4. The van der Waals surface area contributed by atoms with Gasteiger partial charge in [0, 0.05) is 37.9 Å². The summed E-state index contributed by atoms with van der Waals surface area (Å²) in [5.41, 5.74) is 3.78. The molecule has 0 aliphatic heterocycles. The van der Waals surface area contributed by atoms with E-state index < -0.39 is 24.2 Å². The van der Waals surface area contributed by atoms with E-state index in [0.29, 0.717) is 24.3 Å². The molecule has 0 radical (unpaired) electrons. The van der Waals surface area contributed by atoms with Crippen LogP contribution in [0.4, 0.5) is 0 Å². The van der Waals surface area contributed by atoms with Crippen LogP contribution in [0.5, 0.6) is 5.75 Å². The molecule has 0 aromatic heterocycles. The molecular weight excluding hydrogens is 468 g/mol. The van der Waals surface area contributed by atoms with Crippen molar-refractivity contribution >= 4 is 11.8 Å². The van der Waals surface area contributed by atoms with Gasteiger partial charge in [0.2, 0.25) is 5.91 Å². The number of rotatable bonds is 16. The number of amides is 2. The van der Waals surface area contributed by atoms with Crippen LogP contribution in [-0.4, -0.2) is 64.4 Å². The Kier molecular flexibility index (Phi) is 12.9. The van der Waals surface area contributed by atoms with Crippen LogP contribution in [-0.2, 0) is 30.2 Å². The molecule has 0 saturated heterocycles. The topological polar surface area (TPSA) is 125 Å². The van der Waals surface area contributed by atoms with Gasteiger partial charge in [0.1, 0.15) is 12.5 Å². The largest absolute Gasteiger partial charge is 0.497 e. The second-order valence-electron chi connectivity index (χ2n) is 8.04. The van der Waals surface area contributed by atoms with E-state index in [2.05, 4.69) is 5.32 Å². The summed E-state index contributed by atoms with van der Waals surface area (Å²) in [7, 11) is 4.63. The van der Waals surface area contributed by atoms with E-state index in [9.17, 15) is 14.8 Å². The molecule has 0 heterocycles. The van der Waals surface area contributed by atoms with Gasteiger partial charge in [0.15, 0.2) is 6.29 Å². The van der Waals surface area contributed by atoms with Crippen molar-refractivity contribution in [3.8, 4) is 5.75 Å². The lowest BCUT2D eigenvalue weighted by Gasteiger charge is -2.24. The second kappa shape index (κ2) is 15.9. The van der Waals surface area contributed by atoms with Crippen LogP contribution in [0, 0.1) is 5.92 Å². The molecule has 2 amide bonds. The summed E-state index contributed by atoms with van der Waals surface area (Å²) in [5, 5.41) is 12.3. The number of nitrogens with one attached hydrogen (secondary N) is 2. The molecule has 0 saturated carbocycles. The quantitative estimate of drug-likeness (QED) is 0.138. The highest BCUT2D eigenvalue weighted by atomic mass is 16.7. The molecule has 198 valence electrons. The van der Waals surface area contributed by atoms with Gasteiger partial charge in [-0.05, 0) is 49.6 Å². The first kappa shape index (κ1) is 29.2. The van der Waals surface area contributed by atoms with Crippen LogP contribution < -0.4 is 15.5 Å². The zero-order valence-corrected chi connectivity index (χ0v) is 21.2. The van der Waals surface area contributed by atoms with Gasteiger partial charge < -0.3 is 29.0 Å². The molecule has 0 spiro atoms. The van der Waals surface area contributed by atoms with Crippen LogP contribution in [0.25, 0.3) is 0 Å². The van der Waals surface area contributed by atoms with Crippen molar-refractivity contribution in [1.29, 1.82) is 0 Å². The molecule has 3 N–H and O–H groups in total. The molecule has 10 heteroatoms. The summed E-state index contributed by atoms with van der Waals surface area (Å²) >= 11 is 0. The Morgan fingerprint density at radius 1 is 1.00 bits per heavy atom. The highest BCUT2D eigenvalue weighted by Gasteiger charge is 2.25. The van der Waals surface area contributed by atoms with Crippen LogP contribution in [0.1, 0.15) is 41.1 Å². The second-order valence-corrected chi connectivity index (χ2v) is 8.04. The zero-order valence-electron chi connectivity index (χ0n) is 21.2. The normalized spacial score (nSPS) is 12.7. The standard InChI is InChI=1S/C26H36N2O8/c1-5-35-17-36-16-22(27-24(29)19-9-11-20(12-10-19)26(33-3)34-4)15-21(25(30)28-31)13-18-7-6-8-23(14-18)32-2/h6-12,14,21-22,26,31H,5,13,15-17H2,1-4H3,(H,27,29)(H,28,30). The molecule has 36 heavy (non-hydrogen) atoms. The number of methoxy groups -OCH3 is 3. The van der Waals surface area contributed by atoms with Crippen molar-refractivity contribution in [2.24, 2.45) is 5.92 Å². The summed E-state index contributed by atoms with van der Waals surface area (Å²) in [5.74, 6) is -0.873. The van der Waals surface area contributed by atoms with Crippen LogP contribution in [0.15, 0.2) is 48.5 Å². The minimum Gasteiger partial charge on any atom is -0.497 e. The summed E-state index contributed by atoms with van der Waals surface area (Å²) in [6.07, 6.45) is 0.0109. The Bertz CT molecular complexity index is 934. The Balaban J connectivity index is 2.16. The lowest BCUT2D eigenvalue weighted by atomic mass is 9.92. The predicted molar refractivity (Wildman–Crippen MR) is 132 cm³/mol. The fourth-order valence-electron chi connectivity index (χ4n) is 3.73. The molecule has 2 unspecified atom stereocenters. The smallest absolute Gasteiger partial charge is 0.251 e. The predicted octanol–water partition coefficient (Wildman–Crippen LogP) is 2.85. The molecule has 10 nitrogen and oxygen atoms in total. The molecule has 2 atom stereocenters. The van der Waals surface area contributed by atoms with E-state index in [4.69, 9.17) is 23.7 Å². The van der Waals surface area contributed by atoms with E-state index in [0.717, 1.165) is 11.1 Å². The average molecular weight is 505 g/mol. The molecule has 0 aliphatic rings. The fraction of sp³-hybridized carbons (Fsp3) is 0.462. The number of hydrogen-bond acceptors (Lipinski definition) is 8. The Labute approximate surface area is 211 Å².